The summed E-state index contributed by atoms with van der Waals surface area (Å²) in [5.41, 5.74) is 0. The van der Waals surface area contributed by atoms with Crippen molar-refractivity contribution < 1.29 is 40.6 Å². The first kappa shape index (κ1) is 42.8. The summed E-state index contributed by atoms with van der Waals surface area (Å²) in [4.78, 5) is 0. The van der Waals surface area contributed by atoms with Gasteiger partial charge in [-0.25, -0.2) is 0 Å². The van der Waals surface area contributed by atoms with Crippen molar-refractivity contribution in [1.82, 2.24) is 11.5 Å². The van der Waals surface area contributed by atoms with E-state index in [0.29, 0.717) is 0 Å². The summed E-state index contributed by atoms with van der Waals surface area (Å²) >= 11 is -1.02. The first-order valence-corrected chi connectivity index (χ1v) is 6.82. The molecule has 0 aliphatic heterocycles. The summed E-state index contributed by atoms with van der Waals surface area (Å²) < 4.78 is 44.4. The Bertz CT molecular complexity index is 211. The molecule has 0 aliphatic carbocycles. The molecule has 0 unspecified atom stereocenters. The zero-order valence-electron chi connectivity index (χ0n) is 12.7. The van der Waals surface area contributed by atoms with Gasteiger partial charge in [-0.05, 0) is 0 Å². The summed E-state index contributed by atoms with van der Waals surface area (Å²) in [5, 5.41) is 0. The zero-order chi connectivity index (χ0) is 18.3. The molecule has 0 spiro atoms. The van der Waals surface area contributed by atoms with Gasteiger partial charge in [-0.1, -0.05) is 0 Å². The maximum atomic E-state index is 7.50. The van der Waals surface area contributed by atoms with Gasteiger partial charge in [-0.15, -0.1) is 0 Å². The molecule has 0 aliphatic rings. The molecule has 0 saturated carbocycles. The average Bonchev–Trinajstić information content (AvgIpc) is 2.48. The van der Waals surface area contributed by atoms with Crippen LogP contribution >= 0.6 is 0 Å². The van der Waals surface area contributed by atoms with Gasteiger partial charge in [0, 0.05) is 17.4 Å². The third-order valence-electron chi connectivity index (χ3n) is 1.07. The number of hydrogen-bond donors (Lipinski definition) is 0. The predicted molar refractivity (Wildman–Crippen MR) is 66.5 cm³/mol. The Morgan fingerprint density at radius 1 is 0.476 bits per heavy atom. The molecule has 0 rings (SSSR count). The van der Waals surface area contributed by atoms with E-state index in [4.69, 9.17) is 23.3 Å². The van der Waals surface area contributed by atoms with Crippen LogP contribution in [0.4, 0.5) is 0 Å². The normalized spacial score (nSPS) is 6.48. The molecule has 0 aromatic rings. The van der Waals surface area contributed by atoms with E-state index < -0.39 is 15.3 Å². The Labute approximate surface area is 143 Å². The van der Waals surface area contributed by atoms with Crippen LogP contribution in [0, 0.1) is 33.3 Å². The first-order valence-electron chi connectivity index (χ1n) is 4.30. The quantitative estimate of drug-likeness (QED) is 0.361. The first-order chi connectivity index (χ1) is 9.46. The van der Waals surface area contributed by atoms with Crippen LogP contribution in [0.15, 0.2) is 0 Å². The Kier molecular flexibility index (Phi) is 103. The van der Waals surface area contributed by atoms with Gasteiger partial charge in [0.1, 0.15) is 0 Å². The molecule has 21 heavy (non-hydrogen) atoms. The van der Waals surface area contributed by atoms with Crippen LogP contribution in [0.1, 0.15) is 0 Å². The smallest absolute Gasteiger partial charge is 0 e. The molecule has 0 aromatic carbocycles. The molecule has 0 heterocycles. The van der Waals surface area contributed by atoms with Crippen molar-refractivity contribution in [2.75, 3.05) is 42.3 Å². The maximum Gasteiger partial charge on any atom is 0 e. The van der Waals surface area contributed by atoms with Crippen molar-refractivity contribution >= 4 is 15.3 Å². The summed E-state index contributed by atoms with van der Waals surface area (Å²) in [6.45, 7) is 22.5. The summed E-state index contributed by atoms with van der Waals surface area (Å²) in [6.07, 6.45) is 0. The van der Waals surface area contributed by atoms with E-state index in [1.807, 2.05) is 0 Å². The SMILES string of the molecule is CN(C)[As](N(C)C)N(C)C.[C-]#[O+].[C-]#[O+].[C-]#[O+].[C-]#[O+].[C-]#[O+].[Cr]. The molecule has 0 amide bonds. The van der Waals surface area contributed by atoms with E-state index in [-0.39, 0.29) is 17.4 Å². The van der Waals surface area contributed by atoms with Crippen LogP contribution in [0.25, 0.3) is 0 Å². The van der Waals surface area contributed by atoms with Crippen molar-refractivity contribution in [1.29, 1.82) is 0 Å². The second-order valence-electron chi connectivity index (χ2n) is 2.81. The molecule has 0 atom stereocenters. The van der Waals surface area contributed by atoms with Gasteiger partial charge in [-0.3, -0.25) is 0 Å². The molecular weight excluding hydrogens is 381 g/mol. The second kappa shape index (κ2) is 50.3. The fourth-order valence-corrected chi connectivity index (χ4v) is 5.58. The topological polar surface area (TPSA) is 109 Å². The molecule has 8 nitrogen and oxygen atoms in total. The predicted octanol–water partition coefficient (Wildman–Crippen LogP) is -0.534. The Morgan fingerprint density at radius 3 is 0.571 bits per heavy atom. The molecule has 0 aromatic heterocycles. The van der Waals surface area contributed by atoms with Crippen LogP contribution in [-0.4, -0.2) is 69.1 Å². The third kappa shape index (κ3) is 45.1. The molecule has 118 valence electrons. The van der Waals surface area contributed by atoms with E-state index >= 15 is 0 Å². The Hall–Kier alpha value is -0.329. The average molecular weight is 399 g/mol. The Balaban J connectivity index is -0.0000000303. The van der Waals surface area contributed by atoms with Crippen molar-refractivity contribution in [3.8, 4) is 0 Å². The molecule has 0 N–H and O–H groups in total. The molecule has 0 radical (unpaired) electrons. The monoisotopic (exact) mass is 399 g/mol. The van der Waals surface area contributed by atoms with E-state index in [1.54, 1.807) is 0 Å². The van der Waals surface area contributed by atoms with E-state index in [1.165, 1.54) is 0 Å². The van der Waals surface area contributed by atoms with Crippen LogP contribution in [0.3, 0.4) is 0 Å². The van der Waals surface area contributed by atoms with Gasteiger partial charge in [0.05, 0.1) is 0 Å². The molecule has 0 fully saturated rings. The standard InChI is InChI=1S/C6H18AsN3.5CO.Cr/c1-8(2)7(9(3)4)10(5)6;5*1-2;/h1-6H3;;;;;;. The van der Waals surface area contributed by atoms with Gasteiger partial charge in [0.25, 0.3) is 0 Å². The van der Waals surface area contributed by atoms with E-state index in [9.17, 15) is 0 Å². The number of nitrogens with zero attached hydrogens (tertiary/aromatic N) is 3. The fourth-order valence-electron chi connectivity index (χ4n) is 1.07. The minimum absolute atomic E-state index is 0. The third-order valence-corrected chi connectivity index (χ3v) is 5.58. The van der Waals surface area contributed by atoms with Gasteiger partial charge in [-0.2, -0.15) is 0 Å². The summed E-state index contributed by atoms with van der Waals surface area (Å²) in [5.74, 6) is 0. The molecule has 10 heteroatoms. The largest absolute Gasteiger partial charge is 0 e. The van der Waals surface area contributed by atoms with Crippen molar-refractivity contribution in [2.24, 2.45) is 0 Å². The summed E-state index contributed by atoms with van der Waals surface area (Å²) in [6, 6.07) is 0. The van der Waals surface area contributed by atoms with Crippen LogP contribution < -0.4 is 0 Å². The van der Waals surface area contributed by atoms with Crippen LogP contribution in [0.5, 0.6) is 0 Å². The van der Waals surface area contributed by atoms with Gasteiger partial charge in [0.15, 0.2) is 0 Å². The minimum atomic E-state index is -1.02. The fraction of sp³-hybridized carbons (Fsp3) is 0.545. The Morgan fingerprint density at radius 2 is 0.571 bits per heavy atom. The number of rotatable bonds is 3. The van der Waals surface area contributed by atoms with E-state index in [2.05, 4.69) is 87.0 Å². The molecule has 0 saturated heterocycles. The van der Waals surface area contributed by atoms with Crippen molar-refractivity contribution in [3.05, 3.63) is 33.3 Å². The second-order valence-corrected chi connectivity index (χ2v) is 8.97. The van der Waals surface area contributed by atoms with Crippen molar-refractivity contribution in [3.63, 3.8) is 0 Å². The van der Waals surface area contributed by atoms with Crippen LogP contribution in [-0.2, 0) is 40.6 Å². The maximum absolute atomic E-state index is 7.50. The molecule has 0 bridgehead atoms. The zero-order valence-corrected chi connectivity index (χ0v) is 15.9. The number of hydrogen-bond acceptors (Lipinski definition) is 3. The van der Waals surface area contributed by atoms with Gasteiger partial charge in [0.2, 0.25) is 0 Å². The minimum Gasteiger partial charge on any atom is 0 e. The van der Waals surface area contributed by atoms with Crippen LogP contribution in [0.2, 0.25) is 0 Å². The van der Waals surface area contributed by atoms with Crippen molar-refractivity contribution in [2.45, 2.75) is 0 Å². The van der Waals surface area contributed by atoms with E-state index in [0.717, 1.165) is 0 Å². The molecular formula is C11H18AsCrN3O5. The van der Waals surface area contributed by atoms with Gasteiger partial charge < -0.3 is 0 Å². The van der Waals surface area contributed by atoms with Gasteiger partial charge >= 0.3 is 126 Å². The summed E-state index contributed by atoms with van der Waals surface area (Å²) in [7, 11) is 12.8.